The molecule has 1 heterocycles. The van der Waals surface area contributed by atoms with Crippen LogP contribution in [-0.2, 0) is 13.0 Å². The van der Waals surface area contributed by atoms with Gasteiger partial charge in [-0.25, -0.2) is 0 Å². The van der Waals surface area contributed by atoms with Gasteiger partial charge in [-0.3, -0.25) is 0 Å². The zero-order chi connectivity index (χ0) is 13.7. The average molecular weight is 260 g/mol. The van der Waals surface area contributed by atoms with Gasteiger partial charge in [0.25, 0.3) is 0 Å². The quantitative estimate of drug-likeness (QED) is 0.875. The van der Waals surface area contributed by atoms with Gasteiger partial charge >= 0.3 is 0 Å². The highest BCUT2D eigenvalue weighted by Crippen LogP contribution is 2.29. The number of benzene rings is 1. The summed E-state index contributed by atoms with van der Waals surface area (Å²) in [6, 6.07) is 8.78. The van der Waals surface area contributed by atoms with E-state index in [-0.39, 0.29) is 0 Å². The van der Waals surface area contributed by atoms with Crippen LogP contribution in [-0.4, -0.2) is 31.6 Å². The number of nitrogens with one attached hydrogen (secondary N) is 1. The molecule has 0 radical (unpaired) electrons. The lowest BCUT2D eigenvalue weighted by Gasteiger charge is -2.38. The van der Waals surface area contributed by atoms with E-state index in [1.165, 1.54) is 37.1 Å². The van der Waals surface area contributed by atoms with Gasteiger partial charge in [-0.05, 0) is 55.9 Å². The first-order valence-corrected chi connectivity index (χ1v) is 7.59. The fraction of sp³-hybridized carbons (Fsp3) is 0.647. The second-order valence-corrected chi connectivity index (χ2v) is 6.34. The van der Waals surface area contributed by atoms with E-state index in [1.807, 2.05) is 0 Å². The fourth-order valence-corrected chi connectivity index (χ4v) is 2.91. The first-order chi connectivity index (χ1) is 9.13. The Morgan fingerprint density at radius 1 is 1.16 bits per heavy atom. The average Bonchev–Trinajstić information content (AvgIpc) is 2.43. The van der Waals surface area contributed by atoms with E-state index in [4.69, 9.17) is 0 Å². The number of aryl methyl sites for hydroxylation is 1. The van der Waals surface area contributed by atoms with Crippen molar-refractivity contribution in [3.63, 3.8) is 0 Å². The van der Waals surface area contributed by atoms with Crippen LogP contribution in [0.2, 0.25) is 0 Å². The molecule has 1 aromatic rings. The summed E-state index contributed by atoms with van der Waals surface area (Å²) in [6.07, 6.45) is 3.75. The molecule has 1 aromatic carbocycles. The Kier molecular flexibility index (Phi) is 5.00. The predicted octanol–water partition coefficient (Wildman–Crippen LogP) is 3.07. The summed E-state index contributed by atoms with van der Waals surface area (Å²) >= 11 is 0. The molecule has 0 bridgehead atoms. The number of rotatable bonds is 5. The zero-order valence-electron chi connectivity index (χ0n) is 12.7. The van der Waals surface area contributed by atoms with E-state index in [2.05, 4.69) is 55.4 Å². The predicted molar refractivity (Wildman–Crippen MR) is 82.4 cm³/mol. The molecule has 2 heteroatoms. The molecule has 1 saturated heterocycles. The van der Waals surface area contributed by atoms with Gasteiger partial charge in [0, 0.05) is 13.1 Å². The molecule has 1 aliphatic rings. The molecule has 1 fully saturated rings. The van der Waals surface area contributed by atoms with E-state index in [0.717, 1.165) is 19.5 Å². The Morgan fingerprint density at radius 2 is 1.79 bits per heavy atom. The Hall–Kier alpha value is -0.860. The molecule has 0 amide bonds. The minimum absolute atomic E-state index is 0.480. The van der Waals surface area contributed by atoms with Crippen molar-refractivity contribution in [3.8, 4) is 0 Å². The van der Waals surface area contributed by atoms with Crippen molar-refractivity contribution in [2.75, 3.05) is 26.7 Å². The lowest BCUT2D eigenvalue weighted by molar-refractivity contribution is 0.137. The lowest BCUT2D eigenvalue weighted by atomic mass is 9.80. The molecular formula is C17H28N2. The van der Waals surface area contributed by atoms with Crippen LogP contribution in [0.5, 0.6) is 0 Å². The molecule has 0 aliphatic carbocycles. The van der Waals surface area contributed by atoms with Gasteiger partial charge in [0.15, 0.2) is 0 Å². The molecule has 0 spiro atoms. The molecule has 1 N–H and O–H groups in total. The monoisotopic (exact) mass is 260 g/mol. The van der Waals surface area contributed by atoms with Crippen molar-refractivity contribution in [1.82, 2.24) is 10.2 Å². The molecule has 2 rings (SSSR count). The number of likely N-dealkylation sites (tertiary alicyclic amines) is 1. The highest BCUT2D eigenvalue weighted by atomic mass is 15.1. The molecule has 0 saturated carbocycles. The first-order valence-electron chi connectivity index (χ1n) is 7.59. The molecule has 1 aliphatic heterocycles. The third-order valence-corrected chi connectivity index (χ3v) is 4.56. The fourth-order valence-electron chi connectivity index (χ4n) is 2.91. The summed E-state index contributed by atoms with van der Waals surface area (Å²) in [7, 11) is 2.23. The smallest absolute Gasteiger partial charge is 0.0208 e. The Balaban J connectivity index is 1.83. The Bertz CT molecular complexity index is 392. The van der Waals surface area contributed by atoms with Crippen molar-refractivity contribution in [1.29, 1.82) is 0 Å². The number of nitrogens with zero attached hydrogens (tertiary/aromatic N) is 1. The summed E-state index contributed by atoms with van der Waals surface area (Å²) in [4.78, 5) is 2.44. The van der Waals surface area contributed by atoms with Crippen molar-refractivity contribution in [3.05, 3.63) is 35.4 Å². The van der Waals surface area contributed by atoms with Crippen LogP contribution in [0.1, 0.15) is 37.8 Å². The van der Waals surface area contributed by atoms with E-state index in [0.29, 0.717) is 5.41 Å². The first kappa shape index (κ1) is 14.5. The third-order valence-electron chi connectivity index (χ3n) is 4.56. The Morgan fingerprint density at radius 3 is 2.42 bits per heavy atom. The summed E-state index contributed by atoms with van der Waals surface area (Å²) in [5, 5.41) is 3.68. The normalized spacial score (nSPS) is 19.5. The second kappa shape index (κ2) is 6.53. The number of piperidine rings is 1. The van der Waals surface area contributed by atoms with Crippen LogP contribution in [0.25, 0.3) is 0 Å². The van der Waals surface area contributed by atoms with Gasteiger partial charge in [0.2, 0.25) is 0 Å². The van der Waals surface area contributed by atoms with Crippen LogP contribution in [0.3, 0.4) is 0 Å². The van der Waals surface area contributed by atoms with E-state index in [9.17, 15) is 0 Å². The van der Waals surface area contributed by atoms with Gasteiger partial charge in [-0.1, -0.05) is 38.1 Å². The summed E-state index contributed by atoms with van der Waals surface area (Å²) in [5.41, 5.74) is 3.42. The maximum atomic E-state index is 3.68. The van der Waals surface area contributed by atoms with E-state index >= 15 is 0 Å². The van der Waals surface area contributed by atoms with E-state index < -0.39 is 0 Å². The van der Waals surface area contributed by atoms with Crippen LogP contribution in [0.15, 0.2) is 24.3 Å². The molecule has 106 valence electrons. The maximum Gasteiger partial charge on any atom is 0.0208 e. The molecule has 0 atom stereocenters. The van der Waals surface area contributed by atoms with Gasteiger partial charge in [-0.2, -0.15) is 0 Å². The van der Waals surface area contributed by atoms with Gasteiger partial charge in [0.1, 0.15) is 0 Å². The zero-order valence-corrected chi connectivity index (χ0v) is 12.7. The molecular weight excluding hydrogens is 232 g/mol. The standard InChI is InChI=1S/C17H28N2/c1-4-15-7-5-6-8-16(15)13-18-14-17(2)9-11-19(3)12-10-17/h5-8,18H,4,9-14H2,1-3H3. The largest absolute Gasteiger partial charge is 0.312 e. The number of hydrogen-bond donors (Lipinski definition) is 1. The molecule has 2 nitrogen and oxygen atoms in total. The van der Waals surface area contributed by atoms with Gasteiger partial charge in [-0.15, -0.1) is 0 Å². The van der Waals surface area contributed by atoms with Crippen molar-refractivity contribution in [2.24, 2.45) is 5.41 Å². The summed E-state index contributed by atoms with van der Waals surface area (Å²) < 4.78 is 0. The van der Waals surface area contributed by atoms with Gasteiger partial charge in [0.05, 0.1) is 0 Å². The second-order valence-electron chi connectivity index (χ2n) is 6.34. The Labute approximate surface area is 118 Å². The molecule has 0 aromatic heterocycles. The highest BCUT2D eigenvalue weighted by molar-refractivity contribution is 5.26. The molecule has 19 heavy (non-hydrogen) atoms. The van der Waals surface area contributed by atoms with Crippen LogP contribution in [0.4, 0.5) is 0 Å². The summed E-state index contributed by atoms with van der Waals surface area (Å²) in [5.74, 6) is 0. The lowest BCUT2D eigenvalue weighted by Crippen LogP contribution is -2.41. The van der Waals surface area contributed by atoms with Crippen LogP contribution < -0.4 is 5.32 Å². The van der Waals surface area contributed by atoms with Gasteiger partial charge < -0.3 is 10.2 Å². The van der Waals surface area contributed by atoms with Crippen LogP contribution >= 0.6 is 0 Å². The minimum atomic E-state index is 0.480. The van der Waals surface area contributed by atoms with Crippen molar-refractivity contribution in [2.45, 2.75) is 39.7 Å². The maximum absolute atomic E-state index is 3.68. The van der Waals surface area contributed by atoms with Crippen LogP contribution in [0, 0.1) is 5.41 Å². The highest BCUT2D eigenvalue weighted by Gasteiger charge is 2.28. The van der Waals surface area contributed by atoms with Crippen molar-refractivity contribution < 1.29 is 0 Å². The summed E-state index contributed by atoms with van der Waals surface area (Å²) in [6.45, 7) is 9.29. The minimum Gasteiger partial charge on any atom is -0.312 e. The molecule has 0 unspecified atom stereocenters. The van der Waals surface area contributed by atoms with Crippen molar-refractivity contribution >= 4 is 0 Å². The topological polar surface area (TPSA) is 15.3 Å². The van der Waals surface area contributed by atoms with E-state index in [1.54, 1.807) is 0 Å². The SMILES string of the molecule is CCc1ccccc1CNCC1(C)CCN(C)CC1. The third kappa shape index (κ3) is 4.05. The number of hydrogen-bond acceptors (Lipinski definition) is 2.